The van der Waals surface area contributed by atoms with Crippen LogP contribution in [-0.4, -0.2) is 13.0 Å². The summed E-state index contributed by atoms with van der Waals surface area (Å²) >= 11 is 11.1. The highest BCUT2D eigenvalue weighted by Gasteiger charge is 2.28. The van der Waals surface area contributed by atoms with Gasteiger partial charge in [0.2, 0.25) is 0 Å². The summed E-state index contributed by atoms with van der Waals surface area (Å²) in [5.74, 6) is 1.71. The number of thiophene rings is 1. The van der Waals surface area contributed by atoms with Gasteiger partial charge in [-0.25, -0.2) is 0 Å². The molecule has 0 unspecified atom stereocenters. The lowest BCUT2D eigenvalue weighted by Gasteiger charge is -2.26. The molecule has 2 aromatic carbocycles. The smallest absolute Gasteiger partial charge is 0.256 e. The first-order valence-electron chi connectivity index (χ1n) is 9.81. The van der Waals surface area contributed by atoms with Crippen molar-refractivity contribution in [3.05, 3.63) is 73.5 Å². The summed E-state index contributed by atoms with van der Waals surface area (Å²) in [6, 6.07) is 13.2. The molecule has 0 radical (unpaired) electrons. The Hall–Kier alpha value is -2.22. The quantitative estimate of drug-likeness (QED) is 0.378. The van der Waals surface area contributed by atoms with Crippen molar-refractivity contribution < 1.29 is 14.3 Å². The molecular formula is C23H22BrClN2O3S. The predicted octanol–water partition coefficient (Wildman–Crippen LogP) is 6.73. The normalized spacial score (nSPS) is 15.3. The molecule has 2 N–H and O–H groups in total. The van der Waals surface area contributed by atoms with E-state index in [4.69, 9.17) is 21.1 Å². The number of carbonyl (C=O) groups excluding carboxylic acids is 1. The van der Waals surface area contributed by atoms with Crippen LogP contribution >= 0.6 is 38.9 Å². The molecule has 0 bridgehead atoms. The maximum absolute atomic E-state index is 12.7. The van der Waals surface area contributed by atoms with Crippen LogP contribution in [0.25, 0.3) is 0 Å². The average Bonchev–Trinajstić information content (AvgIpc) is 3.18. The number of hydrogen-bond donors (Lipinski definition) is 2. The van der Waals surface area contributed by atoms with Gasteiger partial charge < -0.3 is 20.1 Å². The zero-order chi connectivity index (χ0) is 22.1. The van der Waals surface area contributed by atoms with E-state index in [9.17, 15) is 4.79 Å². The van der Waals surface area contributed by atoms with E-state index in [1.807, 2.05) is 30.3 Å². The lowest BCUT2D eigenvalue weighted by atomic mass is 10.1. The van der Waals surface area contributed by atoms with Crippen molar-refractivity contribution >= 4 is 49.8 Å². The van der Waals surface area contributed by atoms with Gasteiger partial charge in [0.1, 0.15) is 29.3 Å². The Morgan fingerprint density at radius 3 is 2.61 bits per heavy atom. The van der Waals surface area contributed by atoms with E-state index in [0.717, 1.165) is 26.4 Å². The number of nitrogens with one attached hydrogen (secondary N) is 2. The fraction of sp³-hybridized carbons (Fsp3) is 0.261. The summed E-state index contributed by atoms with van der Waals surface area (Å²) in [7, 11) is 1.63. The lowest BCUT2D eigenvalue weighted by Crippen LogP contribution is -2.37. The van der Waals surface area contributed by atoms with E-state index < -0.39 is 0 Å². The summed E-state index contributed by atoms with van der Waals surface area (Å²) < 4.78 is 12.3. The highest BCUT2D eigenvalue weighted by Crippen LogP contribution is 2.38. The van der Waals surface area contributed by atoms with E-state index >= 15 is 0 Å². The monoisotopic (exact) mass is 520 g/mol. The van der Waals surface area contributed by atoms with Crippen LogP contribution in [0.2, 0.25) is 5.02 Å². The summed E-state index contributed by atoms with van der Waals surface area (Å²) in [6.07, 6.45) is -0.328. The van der Waals surface area contributed by atoms with E-state index in [-0.39, 0.29) is 12.1 Å². The second-order valence-corrected chi connectivity index (χ2v) is 9.91. The molecule has 8 heteroatoms. The number of anilines is 1. The maximum Gasteiger partial charge on any atom is 0.256 e. The van der Waals surface area contributed by atoms with Crippen LogP contribution in [0.4, 0.5) is 5.00 Å². The molecule has 2 heterocycles. The van der Waals surface area contributed by atoms with Crippen molar-refractivity contribution in [2.24, 2.45) is 0 Å². The predicted molar refractivity (Wildman–Crippen MR) is 129 cm³/mol. The van der Waals surface area contributed by atoms with Gasteiger partial charge in [0, 0.05) is 15.5 Å². The molecule has 0 saturated heterocycles. The Labute approximate surface area is 198 Å². The number of amides is 1. The Bertz CT molecular complexity index is 1130. The third-order valence-electron chi connectivity index (χ3n) is 5.03. The molecule has 31 heavy (non-hydrogen) atoms. The summed E-state index contributed by atoms with van der Waals surface area (Å²) in [6.45, 7) is 4.56. The van der Waals surface area contributed by atoms with Crippen LogP contribution in [0, 0.1) is 0 Å². The maximum atomic E-state index is 12.7. The zero-order valence-corrected chi connectivity index (χ0v) is 20.5. The minimum atomic E-state index is -0.328. The molecule has 3 aromatic rings. The van der Waals surface area contributed by atoms with Crippen molar-refractivity contribution in [1.82, 2.24) is 5.32 Å². The van der Waals surface area contributed by atoms with Gasteiger partial charge in [-0.3, -0.25) is 4.79 Å². The molecular weight excluding hydrogens is 500 g/mol. The van der Waals surface area contributed by atoms with Gasteiger partial charge in [0.05, 0.1) is 17.1 Å². The van der Waals surface area contributed by atoms with Crippen LogP contribution in [0.3, 0.4) is 0 Å². The van der Waals surface area contributed by atoms with Crippen molar-refractivity contribution in [3.63, 3.8) is 0 Å². The molecule has 5 nitrogen and oxygen atoms in total. The summed E-state index contributed by atoms with van der Waals surface area (Å²) in [4.78, 5) is 13.9. The Kier molecular flexibility index (Phi) is 6.46. The van der Waals surface area contributed by atoms with Gasteiger partial charge >= 0.3 is 0 Å². The second kappa shape index (κ2) is 9.10. The summed E-state index contributed by atoms with van der Waals surface area (Å²) in [5, 5.41) is 8.03. The van der Waals surface area contributed by atoms with E-state index in [1.54, 1.807) is 30.6 Å². The number of ether oxygens (including phenoxy) is 2. The van der Waals surface area contributed by atoms with Gasteiger partial charge in [-0.1, -0.05) is 31.5 Å². The molecule has 1 aliphatic rings. The minimum Gasteiger partial charge on any atom is -0.496 e. The van der Waals surface area contributed by atoms with Gasteiger partial charge in [0.25, 0.3) is 5.91 Å². The molecule has 1 aliphatic heterocycles. The molecule has 0 fully saturated rings. The SMILES string of the molecule is COc1ccc([C@@H]2NC(=O)c3cc(C(C)C)sc3N2)cc1COc1ccc(Cl)cc1Br. The largest absolute Gasteiger partial charge is 0.496 e. The number of fused-ring (bicyclic) bond motifs is 1. The number of rotatable bonds is 6. The molecule has 0 aliphatic carbocycles. The lowest BCUT2D eigenvalue weighted by molar-refractivity contribution is 0.0936. The van der Waals surface area contributed by atoms with Gasteiger partial charge in [-0.15, -0.1) is 11.3 Å². The summed E-state index contributed by atoms with van der Waals surface area (Å²) in [5.41, 5.74) is 2.50. The molecule has 0 spiro atoms. The third-order valence-corrected chi connectivity index (χ3v) is 7.25. The Morgan fingerprint density at radius 1 is 1.13 bits per heavy atom. The first-order chi connectivity index (χ1) is 14.9. The second-order valence-electron chi connectivity index (χ2n) is 7.53. The zero-order valence-electron chi connectivity index (χ0n) is 17.3. The van der Waals surface area contributed by atoms with Crippen LogP contribution < -0.4 is 20.1 Å². The standard InChI is InChI=1S/C23H22BrClN2O3S/c1-12(2)20-10-16-22(28)26-21(27-23(16)31-20)13-4-6-18(29-3)14(8-13)11-30-19-7-5-15(25)9-17(19)24/h4-10,12,21,27H,11H2,1-3H3,(H,26,28)/t21-/m1/s1. The average molecular weight is 522 g/mol. The van der Waals surface area contributed by atoms with Crippen LogP contribution in [-0.2, 0) is 6.61 Å². The fourth-order valence-electron chi connectivity index (χ4n) is 3.35. The van der Waals surface area contributed by atoms with Gasteiger partial charge in [-0.2, -0.15) is 0 Å². The Balaban J connectivity index is 1.57. The minimum absolute atomic E-state index is 0.0689. The molecule has 4 rings (SSSR count). The van der Waals surface area contributed by atoms with Crippen molar-refractivity contribution in [3.8, 4) is 11.5 Å². The number of methoxy groups -OCH3 is 1. The van der Waals surface area contributed by atoms with E-state index in [1.165, 1.54) is 4.88 Å². The first kappa shape index (κ1) is 22.0. The van der Waals surface area contributed by atoms with Gasteiger partial charge in [-0.05, 0) is 63.8 Å². The molecule has 0 saturated carbocycles. The molecule has 1 aromatic heterocycles. The fourth-order valence-corrected chi connectivity index (χ4v) is 5.24. The first-order valence-corrected chi connectivity index (χ1v) is 11.8. The highest BCUT2D eigenvalue weighted by atomic mass is 79.9. The number of carbonyl (C=O) groups is 1. The highest BCUT2D eigenvalue weighted by molar-refractivity contribution is 9.10. The van der Waals surface area contributed by atoms with Crippen LogP contribution in [0.5, 0.6) is 11.5 Å². The molecule has 1 amide bonds. The van der Waals surface area contributed by atoms with Crippen molar-refractivity contribution in [2.45, 2.75) is 32.5 Å². The van der Waals surface area contributed by atoms with Crippen LogP contribution in [0.15, 0.2) is 46.9 Å². The molecule has 1 atom stereocenters. The Morgan fingerprint density at radius 2 is 1.90 bits per heavy atom. The van der Waals surface area contributed by atoms with E-state index in [0.29, 0.717) is 28.9 Å². The number of halogens is 2. The third kappa shape index (κ3) is 4.68. The molecule has 162 valence electrons. The van der Waals surface area contributed by atoms with Crippen molar-refractivity contribution in [1.29, 1.82) is 0 Å². The van der Waals surface area contributed by atoms with Gasteiger partial charge in [0.15, 0.2) is 0 Å². The van der Waals surface area contributed by atoms with Crippen molar-refractivity contribution in [2.75, 3.05) is 12.4 Å². The van der Waals surface area contributed by atoms with E-state index in [2.05, 4.69) is 40.4 Å². The van der Waals surface area contributed by atoms with Crippen LogP contribution in [0.1, 0.15) is 52.3 Å². The number of benzene rings is 2. The topological polar surface area (TPSA) is 59.6 Å². The number of hydrogen-bond acceptors (Lipinski definition) is 5.